The average molecular weight is 565 g/mol. The molecule has 0 atom stereocenters. The third-order valence-corrected chi connectivity index (χ3v) is 9.55. The molecule has 8 rings (SSSR count). The lowest BCUT2D eigenvalue weighted by atomic mass is 9.89. The lowest BCUT2D eigenvalue weighted by Crippen LogP contribution is -1.97. The maximum absolute atomic E-state index is 5.26. The van der Waals surface area contributed by atoms with Gasteiger partial charge in [0.2, 0.25) is 0 Å². The van der Waals surface area contributed by atoms with Crippen molar-refractivity contribution < 1.29 is 0 Å². The smallest absolute Gasteiger partial charge is 0.0975 e. The molecule has 0 radical (unpaired) electrons. The summed E-state index contributed by atoms with van der Waals surface area (Å²) < 4.78 is 0. The van der Waals surface area contributed by atoms with Crippen LogP contribution < -0.4 is 0 Å². The molecule has 8 aromatic rings. The van der Waals surface area contributed by atoms with Gasteiger partial charge in [0.25, 0.3) is 0 Å². The van der Waals surface area contributed by atoms with Gasteiger partial charge in [0, 0.05) is 22.5 Å². The Morgan fingerprint density at radius 3 is 1.77 bits per heavy atom. The predicted molar refractivity (Wildman–Crippen MR) is 187 cm³/mol. The highest BCUT2D eigenvalue weighted by Gasteiger charge is 2.16. The van der Waals surface area contributed by atoms with Crippen LogP contribution in [0.4, 0.5) is 0 Å². The fourth-order valence-electron chi connectivity index (χ4n) is 6.81. The maximum Gasteiger partial charge on any atom is 0.0975 e. The Bertz CT molecular complexity index is 2410. The molecule has 0 aliphatic heterocycles. The standard InChI is InChI=1S/C42H32N2/c1-25-24-43-41-32(26(25)2)20-21-33-27(3)28(4)40(44-42(33)41)31-18-16-30(17-19-31)35-22-23-39(38-14-8-7-13-36(35)38)37-15-9-11-29-10-5-6-12-34(29)37/h5-24H,1-4H3. The number of pyridine rings is 2. The summed E-state index contributed by atoms with van der Waals surface area (Å²) >= 11 is 0. The van der Waals surface area contributed by atoms with Crippen molar-refractivity contribution in [1.29, 1.82) is 0 Å². The number of aromatic nitrogens is 2. The molecule has 0 N–H and O–H groups in total. The number of benzene rings is 6. The van der Waals surface area contributed by atoms with E-state index < -0.39 is 0 Å². The molecule has 2 heterocycles. The van der Waals surface area contributed by atoms with Gasteiger partial charge in [-0.3, -0.25) is 4.98 Å². The first-order valence-corrected chi connectivity index (χ1v) is 15.3. The van der Waals surface area contributed by atoms with Gasteiger partial charge in [0.15, 0.2) is 0 Å². The predicted octanol–water partition coefficient (Wildman–Crippen LogP) is 11.3. The highest BCUT2D eigenvalue weighted by atomic mass is 14.8. The van der Waals surface area contributed by atoms with E-state index in [0.29, 0.717) is 0 Å². The fraction of sp³-hybridized carbons (Fsp3) is 0.0952. The third kappa shape index (κ3) is 4.02. The van der Waals surface area contributed by atoms with Crippen molar-refractivity contribution in [3.05, 3.63) is 144 Å². The molecule has 0 saturated heterocycles. The summed E-state index contributed by atoms with van der Waals surface area (Å²) in [6, 6.07) is 41.9. The van der Waals surface area contributed by atoms with Gasteiger partial charge in [-0.15, -0.1) is 0 Å². The Balaban J connectivity index is 1.25. The summed E-state index contributed by atoms with van der Waals surface area (Å²) in [6.45, 7) is 8.67. The van der Waals surface area contributed by atoms with Crippen molar-refractivity contribution in [2.45, 2.75) is 27.7 Å². The summed E-state index contributed by atoms with van der Waals surface area (Å²) in [5, 5.41) is 7.40. The lowest BCUT2D eigenvalue weighted by Gasteiger charge is -2.16. The van der Waals surface area contributed by atoms with E-state index in [4.69, 9.17) is 9.97 Å². The summed E-state index contributed by atoms with van der Waals surface area (Å²) in [5.74, 6) is 0. The van der Waals surface area contributed by atoms with E-state index in [2.05, 4.69) is 143 Å². The Kier molecular flexibility index (Phi) is 6.06. The molecule has 0 unspecified atom stereocenters. The number of hydrogen-bond acceptors (Lipinski definition) is 2. The van der Waals surface area contributed by atoms with Gasteiger partial charge >= 0.3 is 0 Å². The van der Waals surface area contributed by atoms with Crippen molar-refractivity contribution in [2.75, 3.05) is 0 Å². The molecule has 0 aliphatic carbocycles. The minimum atomic E-state index is 0.975. The molecule has 2 nitrogen and oxygen atoms in total. The number of nitrogens with zero attached hydrogens (tertiary/aromatic N) is 2. The minimum absolute atomic E-state index is 0.975. The lowest BCUT2D eigenvalue weighted by molar-refractivity contribution is 1.25. The van der Waals surface area contributed by atoms with Crippen molar-refractivity contribution in [1.82, 2.24) is 9.97 Å². The summed E-state index contributed by atoms with van der Waals surface area (Å²) in [7, 11) is 0. The minimum Gasteiger partial charge on any atom is -0.254 e. The first kappa shape index (κ1) is 26.3. The van der Waals surface area contributed by atoms with E-state index in [1.807, 2.05) is 6.20 Å². The maximum atomic E-state index is 5.26. The van der Waals surface area contributed by atoms with E-state index in [1.165, 1.54) is 76.8 Å². The highest BCUT2D eigenvalue weighted by Crippen LogP contribution is 2.39. The number of hydrogen-bond donors (Lipinski definition) is 0. The number of rotatable bonds is 3. The van der Waals surface area contributed by atoms with E-state index in [0.717, 1.165) is 22.3 Å². The van der Waals surface area contributed by atoms with E-state index in [-0.39, 0.29) is 0 Å². The van der Waals surface area contributed by atoms with Crippen molar-refractivity contribution >= 4 is 43.4 Å². The summed E-state index contributed by atoms with van der Waals surface area (Å²) in [5.41, 5.74) is 14.0. The molecular weight excluding hydrogens is 532 g/mol. The first-order chi connectivity index (χ1) is 21.5. The van der Waals surface area contributed by atoms with E-state index in [9.17, 15) is 0 Å². The largest absolute Gasteiger partial charge is 0.254 e. The molecule has 0 amide bonds. The zero-order chi connectivity index (χ0) is 29.9. The molecule has 2 aromatic heterocycles. The van der Waals surface area contributed by atoms with E-state index in [1.54, 1.807) is 0 Å². The van der Waals surface area contributed by atoms with Crippen molar-refractivity contribution in [2.24, 2.45) is 0 Å². The fourth-order valence-corrected chi connectivity index (χ4v) is 6.81. The second-order valence-electron chi connectivity index (χ2n) is 11.9. The molecule has 6 aromatic carbocycles. The van der Waals surface area contributed by atoms with Crippen LogP contribution in [0, 0.1) is 27.7 Å². The van der Waals surface area contributed by atoms with Crippen molar-refractivity contribution in [3.63, 3.8) is 0 Å². The van der Waals surface area contributed by atoms with E-state index >= 15 is 0 Å². The summed E-state index contributed by atoms with van der Waals surface area (Å²) in [4.78, 5) is 10.1. The Morgan fingerprint density at radius 1 is 0.409 bits per heavy atom. The normalized spacial score (nSPS) is 11.6. The van der Waals surface area contributed by atoms with Crippen LogP contribution in [0.5, 0.6) is 0 Å². The monoisotopic (exact) mass is 564 g/mol. The third-order valence-electron chi connectivity index (χ3n) is 9.55. The van der Waals surface area contributed by atoms with Crippen LogP contribution in [-0.2, 0) is 0 Å². The van der Waals surface area contributed by atoms with Gasteiger partial charge in [-0.2, -0.15) is 0 Å². The molecule has 0 saturated carbocycles. The zero-order valence-corrected chi connectivity index (χ0v) is 25.4. The first-order valence-electron chi connectivity index (χ1n) is 15.3. The molecule has 0 bridgehead atoms. The van der Waals surface area contributed by atoms with Crippen LogP contribution in [-0.4, -0.2) is 9.97 Å². The summed E-state index contributed by atoms with van der Waals surface area (Å²) in [6.07, 6.45) is 1.97. The second kappa shape index (κ2) is 10.1. The number of aryl methyl sites for hydroxylation is 3. The Hall–Kier alpha value is -5.34. The van der Waals surface area contributed by atoms with Gasteiger partial charge in [-0.25, -0.2) is 4.98 Å². The molecule has 210 valence electrons. The molecule has 0 spiro atoms. The molecule has 0 fully saturated rings. The van der Waals surface area contributed by atoms with Gasteiger partial charge < -0.3 is 0 Å². The van der Waals surface area contributed by atoms with Gasteiger partial charge in [-0.1, -0.05) is 115 Å². The number of fused-ring (bicyclic) bond motifs is 5. The van der Waals surface area contributed by atoms with Gasteiger partial charge in [0.05, 0.1) is 16.7 Å². The van der Waals surface area contributed by atoms with Crippen LogP contribution >= 0.6 is 0 Å². The quantitative estimate of drug-likeness (QED) is 0.199. The molecule has 2 heteroatoms. The van der Waals surface area contributed by atoms with Gasteiger partial charge in [0.1, 0.15) is 0 Å². The zero-order valence-electron chi connectivity index (χ0n) is 25.4. The van der Waals surface area contributed by atoms with Crippen LogP contribution in [0.3, 0.4) is 0 Å². The Labute approximate surface area is 257 Å². The van der Waals surface area contributed by atoms with Crippen LogP contribution in [0.2, 0.25) is 0 Å². The molecule has 0 aliphatic rings. The molecule has 44 heavy (non-hydrogen) atoms. The van der Waals surface area contributed by atoms with Gasteiger partial charge in [-0.05, 0) is 93.7 Å². The SMILES string of the molecule is Cc1cnc2c(ccc3c(C)c(C)c(-c4ccc(-c5ccc(-c6cccc7ccccc67)c6ccccc56)cc4)nc32)c1C. The second-order valence-corrected chi connectivity index (χ2v) is 11.9. The van der Waals surface area contributed by atoms with Crippen molar-refractivity contribution in [3.8, 4) is 33.5 Å². The van der Waals surface area contributed by atoms with Crippen LogP contribution in [0.1, 0.15) is 22.3 Å². The topological polar surface area (TPSA) is 25.8 Å². The average Bonchev–Trinajstić information content (AvgIpc) is 3.07. The Morgan fingerprint density at radius 2 is 1.00 bits per heavy atom. The van der Waals surface area contributed by atoms with Crippen LogP contribution in [0.25, 0.3) is 76.9 Å². The van der Waals surface area contributed by atoms with Crippen LogP contribution in [0.15, 0.2) is 121 Å². The molecular formula is C42H32N2. The highest BCUT2D eigenvalue weighted by molar-refractivity contribution is 6.10.